The molecule has 4 aromatic rings. The molecule has 0 saturated carbocycles. The highest BCUT2D eigenvalue weighted by Gasteiger charge is 2.28. The third-order valence-corrected chi connectivity index (χ3v) is 9.15. The molecule has 0 aliphatic rings. The van der Waals surface area contributed by atoms with Crippen LogP contribution in [0.15, 0.2) is 51.1 Å². The van der Waals surface area contributed by atoms with Crippen LogP contribution < -0.4 is 10.1 Å². The number of Topliss-reactive ketones (excluding diaryl/α,β-unsaturated/α-hetero) is 1. The van der Waals surface area contributed by atoms with E-state index in [9.17, 15) is 48.5 Å². The topological polar surface area (TPSA) is 219 Å². The number of ether oxygens (including phenoxy) is 1. The smallest absolute Gasteiger partial charge is 0.295 e. The van der Waals surface area contributed by atoms with Crippen LogP contribution >= 0.6 is 0 Å². The number of nitrogens with one attached hydrogen (secondary N) is 1. The molecule has 16 heteroatoms. The number of unbranched alkanes of at least 4 members (excludes halogenated alkanes) is 2. The number of benzene rings is 4. The van der Waals surface area contributed by atoms with Gasteiger partial charge in [-0.1, -0.05) is 24.6 Å². The van der Waals surface area contributed by atoms with Crippen LogP contribution in [0.25, 0.3) is 32.3 Å². The maximum atomic E-state index is 12.4. The number of amides is 1. The van der Waals surface area contributed by atoms with Crippen LogP contribution in [0, 0.1) is 0 Å². The molecule has 4 aromatic carbocycles. The lowest BCUT2D eigenvalue weighted by atomic mass is 9.93. The predicted octanol–water partition coefficient (Wildman–Crippen LogP) is 2.97. The molecule has 0 heterocycles. The van der Waals surface area contributed by atoms with Gasteiger partial charge in [-0.25, -0.2) is 0 Å². The van der Waals surface area contributed by atoms with Crippen molar-refractivity contribution in [2.24, 2.45) is 0 Å². The summed E-state index contributed by atoms with van der Waals surface area (Å²) in [4.78, 5) is 21.0. The van der Waals surface area contributed by atoms with Crippen molar-refractivity contribution in [3.8, 4) is 5.75 Å². The Kier molecular flexibility index (Phi) is 8.28. The van der Waals surface area contributed by atoms with E-state index >= 15 is 0 Å². The van der Waals surface area contributed by atoms with Crippen LogP contribution in [0.1, 0.15) is 32.6 Å². The van der Waals surface area contributed by atoms with E-state index < -0.39 is 57.6 Å². The zero-order chi connectivity index (χ0) is 30.3. The number of carbonyl (C=O) groups is 2. The van der Waals surface area contributed by atoms with Gasteiger partial charge in [0.1, 0.15) is 26.2 Å². The fourth-order valence-corrected chi connectivity index (χ4v) is 6.93. The fraction of sp³-hybridized carbons (Fsp3) is 0.280. The third kappa shape index (κ3) is 6.42. The molecule has 0 atom stereocenters. The second-order valence-corrected chi connectivity index (χ2v) is 13.6. The molecule has 1 amide bonds. The van der Waals surface area contributed by atoms with Crippen LogP contribution in [-0.2, 0) is 39.9 Å². The van der Waals surface area contributed by atoms with E-state index in [1.54, 1.807) is 0 Å². The molecule has 0 aromatic heterocycles. The van der Waals surface area contributed by atoms with E-state index in [0.29, 0.717) is 38.3 Å². The summed E-state index contributed by atoms with van der Waals surface area (Å²) in [7, 11) is -15.0. The van der Waals surface area contributed by atoms with Crippen molar-refractivity contribution in [2.45, 2.75) is 47.3 Å². The van der Waals surface area contributed by atoms with Gasteiger partial charge in [0, 0.05) is 51.3 Å². The van der Waals surface area contributed by atoms with Crippen molar-refractivity contribution in [3.05, 3.63) is 36.4 Å². The summed E-state index contributed by atoms with van der Waals surface area (Å²) in [5.41, 5.74) is 0. The van der Waals surface area contributed by atoms with E-state index in [2.05, 4.69) is 5.32 Å². The van der Waals surface area contributed by atoms with E-state index in [4.69, 9.17) is 4.74 Å². The van der Waals surface area contributed by atoms with E-state index in [-0.39, 0.29) is 43.9 Å². The van der Waals surface area contributed by atoms with Gasteiger partial charge in [0.15, 0.2) is 6.61 Å². The largest absolute Gasteiger partial charge is 0.483 e. The van der Waals surface area contributed by atoms with Gasteiger partial charge in [0.25, 0.3) is 36.3 Å². The van der Waals surface area contributed by atoms with Gasteiger partial charge in [0.2, 0.25) is 0 Å². The summed E-state index contributed by atoms with van der Waals surface area (Å²) in [5.74, 6) is -0.691. The average molecular weight is 628 g/mol. The summed E-state index contributed by atoms with van der Waals surface area (Å²) < 4.78 is 108. The van der Waals surface area contributed by atoms with Gasteiger partial charge in [-0.15, -0.1) is 0 Å². The maximum Gasteiger partial charge on any atom is 0.295 e. The SMILES string of the molecule is CC(=O)CCCCCNC(=O)COc1cc(S(=O)(=O)O)c2ccc3c(S(=O)(=O)O)cc(S(=O)(=O)O)c4ccc1c2c43. The van der Waals surface area contributed by atoms with Crippen molar-refractivity contribution in [3.63, 3.8) is 0 Å². The molecule has 13 nitrogen and oxygen atoms in total. The fourth-order valence-electron chi connectivity index (χ4n) is 4.72. The molecular formula is C25H25NO12S3. The number of hydrogen-bond donors (Lipinski definition) is 4. The van der Waals surface area contributed by atoms with Crippen molar-refractivity contribution in [1.29, 1.82) is 0 Å². The van der Waals surface area contributed by atoms with E-state index in [0.717, 1.165) is 18.2 Å². The molecule has 0 saturated heterocycles. The molecule has 4 N–H and O–H groups in total. The Morgan fingerprint density at radius 3 is 1.66 bits per heavy atom. The van der Waals surface area contributed by atoms with Gasteiger partial charge >= 0.3 is 0 Å². The summed E-state index contributed by atoms with van der Waals surface area (Å²) in [6.45, 7) is 1.22. The lowest BCUT2D eigenvalue weighted by Gasteiger charge is -2.19. The Balaban J connectivity index is 1.84. The van der Waals surface area contributed by atoms with Crippen LogP contribution in [0.2, 0.25) is 0 Å². The molecule has 220 valence electrons. The zero-order valence-corrected chi connectivity index (χ0v) is 23.9. The minimum Gasteiger partial charge on any atom is -0.483 e. The molecular weight excluding hydrogens is 602 g/mol. The van der Waals surface area contributed by atoms with Gasteiger partial charge in [-0.2, -0.15) is 25.3 Å². The van der Waals surface area contributed by atoms with Gasteiger partial charge in [-0.05, 0) is 31.9 Å². The van der Waals surface area contributed by atoms with E-state index in [1.807, 2.05) is 0 Å². The molecule has 0 radical (unpaired) electrons. The first kappa shape index (κ1) is 30.5. The quantitative estimate of drug-likeness (QED) is 0.101. The van der Waals surface area contributed by atoms with Crippen LogP contribution in [0.3, 0.4) is 0 Å². The lowest BCUT2D eigenvalue weighted by Crippen LogP contribution is -2.29. The van der Waals surface area contributed by atoms with E-state index in [1.165, 1.54) is 19.1 Å². The molecule has 0 aliphatic carbocycles. The molecule has 0 unspecified atom stereocenters. The summed E-state index contributed by atoms with van der Waals surface area (Å²) in [5, 5.41) is 1.98. The van der Waals surface area contributed by atoms with Gasteiger partial charge in [-0.3, -0.25) is 18.5 Å². The minimum atomic E-state index is -5.04. The minimum absolute atomic E-state index is 0.0635. The average Bonchev–Trinajstić information content (AvgIpc) is 2.85. The number of rotatable bonds is 12. The van der Waals surface area contributed by atoms with Crippen LogP contribution in [-0.4, -0.2) is 63.8 Å². The maximum absolute atomic E-state index is 12.4. The Hall–Kier alpha value is -3.41. The van der Waals surface area contributed by atoms with Crippen molar-refractivity contribution in [1.82, 2.24) is 5.32 Å². The van der Waals surface area contributed by atoms with Crippen molar-refractivity contribution >= 4 is 74.4 Å². The van der Waals surface area contributed by atoms with Gasteiger partial charge < -0.3 is 14.8 Å². The molecule has 0 bridgehead atoms. The first-order valence-corrected chi connectivity index (χ1v) is 16.4. The third-order valence-electron chi connectivity index (χ3n) is 6.47. The lowest BCUT2D eigenvalue weighted by molar-refractivity contribution is -0.123. The number of hydrogen-bond acceptors (Lipinski definition) is 9. The second kappa shape index (κ2) is 11.1. The Morgan fingerprint density at radius 1 is 0.707 bits per heavy atom. The standard InChI is InChI=1S/C25H25NO12S3/c1-14(27)5-3-2-4-10-26-23(28)13-38-19-11-20(39(29,30)31)16-8-9-18-22(41(35,36)37)12-21(40(32,33)34)17-7-6-15(19)24(16)25(17)18/h6-9,11-12H,2-5,10,13H2,1H3,(H,26,28)(H,29,30,31)(H,32,33,34)(H,35,36,37). The Morgan fingerprint density at radius 2 is 1.17 bits per heavy atom. The summed E-state index contributed by atoms with van der Waals surface area (Å²) >= 11 is 0. The van der Waals surface area contributed by atoms with Crippen LogP contribution in [0.4, 0.5) is 0 Å². The first-order valence-electron chi connectivity index (χ1n) is 12.1. The predicted molar refractivity (Wildman–Crippen MR) is 147 cm³/mol. The monoisotopic (exact) mass is 627 g/mol. The normalized spacial score (nSPS) is 12.8. The number of ketones is 1. The highest BCUT2D eigenvalue weighted by molar-refractivity contribution is 7.87. The second-order valence-electron chi connectivity index (χ2n) is 9.39. The molecule has 0 aliphatic heterocycles. The Bertz CT molecular complexity index is 1970. The van der Waals surface area contributed by atoms with Crippen molar-refractivity contribution in [2.75, 3.05) is 13.2 Å². The van der Waals surface area contributed by atoms with Gasteiger partial charge in [0.05, 0.1) is 0 Å². The molecule has 0 spiro atoms. The highest BCUT2D eigenvalue weighted by Crippen LogP contribution is 2.45. The first-order chi connectivity index (χ1) is 19.0. The zero-order valence-electron chi connectivity index (χ0n) is 21.4. The molecule has 0 fully saturated rings. The summed E-state index contributed by atoms with van der Waals surface area (Å²) in [6, 6.07) is 6.39. The van der Waals surface area contributed by atoms with Crippen molar-refractivity contribution < 1.29 is 53.2 Å². The molecule has 4 rings (SSSR count). The summed E-state index contributed by atoms with van der Waals surface area (Å²) in [6.07, 6.45) is 2.45. The highest BCUT2D eigenvalue weighted by atomic mass is 32.2. The Labute approximate surface area is 235 Å². The molecule has 41 heavy (non-hydrogen) atoms. The number of carbonyl (C=O) groups excluding carboxylic acids is 2. The van der Waals surface area contributed by atoms with Crippen LogP contribution in [0.5, 0.6) is 5.75 Å².